The predicted octanol–water partition coefficient (Wildman–Crippen LogP) is 6.34. The summed E-state index contributed by atoms with van der Waals surface area (Å²) in [5.41, 5.74) is 0.544. The number of carboxylic acid groups (broad SMARTS) is 1. The molecule has 4 heterocycles. The molecule has 0 radical (unpaired) electrons. The molecule has 5 aromatic rings. The van der Waals surface area contributed by atoms with Gasteiger partial charge in [-0.25, -0.2) is 24.4 Å². The summed E-state index contributed by atoms with van der Waals surface area (Å²) in [6.07, 6.45) is -1.17. The Hall–Kier alpha value is -7.86. The zero-order valence-corrected chi connectivity index (χ0v) is 45.2. The van der Waals surface area contributed by atoms with Crippen LogP contribution in [0.1, 0.15) is 115 Å². The van der Waals surface area contributed by atoms with E-state index in [1.807, 2.05) is 6.92 Å². The van der Waals surface area contributed by atoms with Crippen LogP contribution >= 0.6 is 0 Å². The van der Waals surface area contributed by atoms with Crippen LogP contribution in [0.5, 0.6) is 0 Å². The van der Waals surface area contributed by atoms with Gasteiger partial charge in [0, 0.05) is 46.2 Å². The molecule has 80 heavy (non-hydrogen) atoms. The molecule has 0 aliphatic carbocycles. The van der Waals surface area contributed by atoms with Crippen LogP contribution in [0.4, 0.5) is 5.95 Å². The highest BCUT2D eigenvalue weighted by Crippen LogP contribution is 2.37. The van der Waals surface area contributed by atoms with Crippen LogP contribution in [-0.4, -0.2) is 155 Å². The number of ether oxygens (including phenoxy) is 8. The molecule has 1 amide bonds. The monoisotopic (exact) mass is 1110 g/mol. The summed E-state index contributed by atoms with van der Waals surface area (Å²) in [6, 6.07) is 25.1. The second-order valence-corrected chi connectivity index (χ2v) is 19.5. The van der Waals surface area contributed by atoms with Gasteiger partial charge in [-0.3, -0.25) is 28.7 Å². The lowest BCUT2D eigenvalue weighted by Gasteiger charge is -2.44. The minimum atomic E-state index is -1.21. The molecular formula is C57H69N7O16. The maximum Gasteiger partial charge on any atom is 0.338 e. The van der Waals surface area contributed by atoms with Gasteiger partial charge in [0.2, 0.25) is 11.9 Å². The molecule has 3 N–H and O–H groups in total. The Morgan fingerprint density at radius 1 is 0.725 bits per heavy atom. The highest BCUT2D eigenvalue weighted by Gasteiger charge is 2.51. The molecule has 2 aliphatic heterocycles. The zero-order valence-electron chi connectivity index (χ0n) is 45.2. The molecule has 0 saturated carbocycles. The first-order valence-corrected chi connectivity index (χ1v) is 26.8. The number of aromatic amines is 1. The van der Waals surface area contributed by atoms with E-state index < -0.39 is 96.9 Å². The number of benzene rings is 3. The Bertz CT molecular complexity index is 2920. The van der Waals surface area contributed by atoms with Gasteiger partial charge in [0.05, 0.1) is 48.3 Å². The average molecular weight is 1110 g/mol. The first kappa shape index (κ1) is 59.8. The van der Waals surface area contributed by atoms with Gasteiger partial charge in [0.1, 0.15) is 24.9 Å². The van der Waals surface area contributed by atoms with E-state index in [-0.39, 0.29) is 66.8 Å². The van der Waals surface area contributed by atoms with Gasteiger partial charge in [0.25, 0.3) is 5.56 Å². The Labute approximate surface area is 462 Å². The Morgan fingerprint density at radius 2 is 1.32 bits per heavy atom. The maximum absolute atomic E-state index is 13.6. The molecule has 2 aromatic heterocycles. The quantitative estimate of drug-likeness (QED) is 0.0155. The van der Waals surface area contributed by atoms with Crippen molar-refractivity contribution in [1.29, 1.82) is 0 Å². The van der Waals surface area contributed by atoms with E-state index in [9.17, 15) is 33.6 Å². The van der Waals surface area contributed by atoms with Crippen LogP contribution < -0.4 is 10.9 Å². The van der Waals surface area contributed by atoms with E-state index in [0.29, 0.717) is 44.2 Å². The molecule has 0 spiro atoms. The van der Waals surface area contributed by atoms with Crippen molar-refractivity contribution in [3.63, 3.8) is 0 Å². The minimum Gasteiger partial charge on any atom is -0.481 e. The molecule has 2 aliphatic rings. The molecule has 1 unspecified atom stereocenters. The summed E-state index contributed by atoms with van der Waals surface area (Å²) < 4.78 is 50.6. The Morgan fingerprint density at radius 3 is 1.96 bits per heavy atom. The van der Waals surface area contributed by atoms with Gasteiger partial charge in [0.15, 0.2) is 35.9 Å². The van der Waals surface area contributed by atoms with Gasteiger partial charge in [-0.1, -0.05) is 81.3 Å². The normalized spacial score (nSPS) is 21.7. The van der Waals surface area contributed by atoms with E-state index in [1.165, 1.54) is 12.7 Å². The number of amides is 1. The van der Waals surface area contributed by atoms with E-state index in [1.54, 1.807) is 121 Å². The van der Waals surface area contributed by atoms with Crippen molar-refractivity contribution >= 4 is 59.2 Å². The van der Waals surface area contributed by atoms with Crippen LogP contribution in [0, 0.1) is 5.92 Å². The van der Waals surface area contributed by atoms with Crippen LogP contribution in [-0.2, 0) is 52.3 Å². The van der Waals surface area contributed by atoms with Gasteiger partial charge in [-0.05, 0) is 68.5 Å². The number of carbonyl (C=O) groups is 6. The summed E-state index contributed by atoms with van der Waals surface area (Å²) in [5.74, 6) is -4.61. The summed E-state index contributed by atoms with van der Waals surface area (Å²) in [4.78, 5) is 107. The number of hydrogen-bond acceptors (Lipinski definition) is 18. The smallest absolute Gasteiger partial charge is 0.338 e. The second kappa shape index (κ2) is 29.9. The third-order valence-electron chi connectivity index (χ3n) is 13.2. The van der Waals surface area contributed by atoms with Crippen molar-refractivity contribution in [2.24, 2.45) is 10.9 Å². The number of unbranched alkanes of at least 4 members (excludes halogenated alkanes) is 4. The van der Waals surface area contributed by atoms with E-state index in [0.717, 1.165) is 12.8 Å². The summed E-state index contributed by atoms with van der Waals surface area (Å²) >= 11 is 0. The van der Waals surface area contributed by atoms with Gasteiger partial charge in [-0.2, -0.15) is 4.98 Å². The number of nitrogens with one attached hydrogen (secondary N) is 2. The van der Waals surface area contributed by atoms with E-state index in [4.69, 9.17) is 43.0 Å². The van der Waals surface area contributed by atoms with E-state index >= 15 is 0 Å². The predicted molar refractivity (Wildman–Crippen MR) is 288 cm³/mol. The number of fused-ring (bicyclic) bond motifs is 1. The average Bonchev–Trinajstić information content (AvgIpc) is 4.14. The van der Waals surface area contributed by atoms with Crippen molar-refractivity contribution < 1.29 is 71.8 Å². The number of aromatic nitrogens is 4. The van der Waals surface area contributed by atoms with Crippen LogP contribution in [0.25, 0.3) is 11.2 Å². The highest BCUT2D eigenvalue weighted by molar-refractivity contribution is 5.91. The van der Waals surface area contributed by atoms with E-state index in [2.05, 4.69) is 25.3 Å². The highest BCUT2D eigenvalue weighted by atomic mass is 16.7. The SMILES string of the molecule is CC[C@H]1O[C@@H](n2cnc3c(=O)[nH]c(N=CN(C)C)nc32)[C@@H](OCCCCCCNC(=O)CCCCO[C@@H]2O[C@H](COC(=O)c3ccccc3)[C@H](OC(=O)c3ccccc3)[C@H](OC(=O)c3ccccc3)[C@H]2C)C1OC(=O)CCC(=O)O. The third-order valence-corrected chi connectivity index (χ3v) is 13.2. The molecule has 7 rings (SSSR count). The number of nitrogens with zero attached hydrogens (tertiary/aromatic N) is 5. The van der Waals surface area contributed by atoms with Gasteiger partial charge < -0.3 is 53.2 Å². The largest absolute Gasteiger partial charge is 0.481 e. The number of imidazole rings is 1. The van der Waals surface area contributed by atoms with Crippen LogP contribution in [0.3, 0.4) is 0 Å². The molecule has 23 nitrogen and oxygen atoms in total. The molecule has 23 heteroatoms. The van der Waals surface area contributed by atoms with Crippen molar-refractivity contribution in [3.8, 4) is 0 Å². The van der Waals surface area contributed by atoms with Crippen molar-refractivity contribution in [1.82, 2.24) is 29.7 Å². The Kier molecular flexibility index (Phi) is 22.4. The van der Waals surface area contributed by atoms with Crippen molar-refractivity contribution in [3.05, 3.63) is 124 Å². The lowest BCUT2D eigenvalue weighted by molar-refractivity contribution is -0.281. The molecule has 0 bridgehead atoms. The number of aliphatic imine (C=N–C) groups is 1. The van der Waals surface area contributed by atoms with Gasteiger partial charge in [-0.15, -0.1) is 0 Å². The molecule has 3 aromatic carbocycles. The first-order valence-electron chi connectivity index (χ1n) is 26.8. The third kappa shape index (κ3) is 16.8. The molecule has 9 atom stereocenters. The molecule has 2 fully saturated rings. The Balaban J connectivity index is 0.887. The number of esters is 4. The number of aliphatic carboxylic acids is 1. The fraction of sp³-hybridized carbons (Fsp3) is 0.474. The number of rotatable bonds is 29. The summed E-state index contributed by atoms with van der Waals surface area (Å²) in [6.45, 7) is 4.10. The van der Waals surface area contributed by atoms with Crippen LogP contribution in [0.2, 0.25) is 0 Å². The summed E-state index contributed by atoms with van der Waals surface area (Å²) in [5, 5.41) is 12.1. The second-order valence-electron chi connectivity index (χ2n) is 19.5. The first-order chi connectivity index (χ1) is 38.7. The zero-order chi connectivity index (χ0) is 57.0. The molecule has 2 saturated heterocycles. The lowest BCUT2D eigenvalue weighted by Crippen LogP contribution is -2.58. The number of carboxylic acids is 1. The molecule has 428 valence electrons. The van der Waals surface area contributed by atoms with Crippen LogP contribution in [0.15, 0.2) is 107 Å². The minimum absolute atomic E-state index is 0.0403. The van der Waals surface area contributed by atoms with Crippen molar-refractivity contribution in [2.75, 3.05) is 40.5 Å². The number of carbonyl (C=O) groups excluding carboxylic acids is 5. The fourth-order valence-electron chi connectivity index (χ4n) is 9.06. The standard InChI is InChI=1S/C57H69N7O16/c1-5-40-47(78-44(68)29-28-43(66)67)49(52(76-40)64-35-59-45-50(64)61-57(62-51(45)69)60-34-63(3)4)73-31-19-7-6-18-30-58-42(65)27-17-20-32-74-56-36(2)46(79-54(71)38-23-13-9-14-24-38)48(80-55(72)39-25-15-10-16-26-39)41(77-56)33-75-53(70)37-21-11-8-12-22-37/h8-16,21-26,34-36,40-41,46-49,52,56H,5-7,17-20,27-33H2,1-4H3,(H,58,65)(H,66,67)(H,61,62,69)/t36-,40-,41-,46-,47?,48+,49+,52-,56-/m1/s1. The number of hydrogen-bond donors (Lipinski definition) is 3. The van der Waals surface area contributed by atoms with Gasteiger partial charge >= 0.3 is 29.8 Å². The fourth-order valence-corrected chi connectivity index (χ4v) is 9.06. The topological polar surface area (TPSA) is 288 Å². The maximum atomic E-state index is 13.6. The molecular weight excluding hydrogens is 1040 g/mol. The summed E-state index contributed by atoms with van der Waals surface area (Å²) in [7, 11) is 3.54. The lowest BCUT2D eigenvalue weighted by atomic mass is 9.91. The number of H-pyrrole nitrogens is 1. The van der Waals surface area contributed by atoms with Crippen molar-refractivity contribution in [2.45, 2.75) is 127 Å².